The van der Waals surface area contributed by atoms with E-state index in [0.29, 0.717) is 0 Å². The van der Waals surface area contributed by atoms with Crippen molar-refractivity contribution in [1.82, 2.24) is 0 Å². The third-order valence-electron chi connectivity index (χ3n) is 2.06. The van der Waals surface area contributed by atoms with Crippen molar-refractivity contribution in [2.75, 3.05) is 0 Å². The van der Waals surface area contributed by atoms with Gasteiger partial charge in [0.1, 0.15) is 5.78 Å². The summed E-state index contributed by atoms with van der Waals surface area (Å²) >= 11 is 0. The van der Waals surface area contributed by atoms with Gasteiger partial charge in [-0.05, 0) is 13.8 Å². The molecule has 4 N–H and O–H groups in total. The number of aliphatic hydroxyl groups is 2. The number of carbonyl (C=O) groups excluding carboxylic acids is 2. The summed E-state index contributed by atoms with van der Waals surface area (Å²) in [4.78, 5) is 43.6. The molecule has 0 aliphatic rings. The van der Waals surface area contributed by atoms with E-state index in [2.05, 4.69) is 0 Å². The van der Waals surface area contributed by atoms with Crippen molar-refractivity contribution in [2.24, 2.45) is 0 Å². The summed E-state index contributed by atoms with van der Waals surface area (Å²) in [5.74, 6) is -7.55. The zero-order valence-corrected chi connectivity index (χ0v) is 9.63. The molecule has 0 aromatic carbocycles. The van der Waals surface area contributed by atoms with E-state index in [4.69, 9.17) is 10.2 Å². The number of carbonyl (C=O) groups is 4. The Morgan fingerprint density at radius 3 is 1.67 bits per heavy atom. The highest BCUT2D eigenvalue weighted by atomic mass is 16.4. The molecule has 18 heavy (non-hydrogen) atoms. The molecule has 0 amide bonds. The van der Waals surface area contributed by atoms with Crippen LogP contribution in [0.1, 0.15) is 20.3 Å². The lowest BCUT2D eigenvalue weighted by atomic mass is 9.85. The maximum Gasteiger partial charge on any atom is 0.371 e. The van der Waals surface area contributed by atoms with Crippen LogP contribution in [0.2, 0.25) is 0 Å². The van der Waals surface area contributed by atoms with Gasteiger partial charge >= 0.3 is 11.9 Å². The fourth-order valence-corrected chi connectivity index (χ4v) is 1.39. The summed E-state index contributed by atoms with van der Waals surface area (Å²) in [5.41, 5.74) is -4.31. The maximum atomic E-state index is 11.2. The third-order valence-corrected chi connectivity index (χ3v) is 2.06. The molecule has 0 heterocycles. The van der Waals surface area contributed by atoms with Gasteiger partial charge in [-0.1, -0.05) is 0 Å². The fourth-order valence-electron chi connectivity index (χ4n) is 1.39. The standard InChI is InChI=1S/C10H12O8/c1-4(11)3-10(18,9(16)17)6(5(2)12)7(13)8(14)15/h13,18H,3H2,1-2H3,(H,14,15)(H,16,17)/b7-6-. The highest BCUT2D eigenvalue weighted by Crippen LogP contribution is 2.25. The molecule has 0 rings (SSSR count). The van der Waals surface area contributed by atoms with Gasteiger partial charge in [-0.2, -0.15) is 0 Å². The van der Waals surface area contributed by atoms with Crippen molar-refractivity contribution in [3.63, 3.8) is 0 Å². The predicted molar refractivity (Wildman–Crippen MR) is 55.9 cm³/mol. The van der Waals surface area contributed by atoms with Gasteiger partial charge in [-0.25, -0.2) is 9.59 Å². The largest absolute Gasteiger partial charge is 0.501 e. The summed E-state index contributed by atoms with van der Waals surface area (Å²) in [5, 5.41) is 36.3. The van der Waals surface area contributed by atoms with E-state index in [9.17, 15) is 29.4 Å². The van der Waals surface area contributed by atoms with E-state index < -0.39 is 46.9 Å². The van der Waals surface area contributed by atoms with Gasteiger partial charge < -0.3 is 20.4 Å². The second-order valence-electron chi connectivity index (χ2n) is 3.63. The quantitative estimate of drug-likeness (QED) is 0.360. The molecule has 0 saturated carbocycles. The summed E-state index contributed by atoms with van der Waals surface area (Å²) in [7, 11) is 0. The minimum atomic E-state index is -3.07. The Bertz CT molecular complexity index is 447. The molecule has 8 nitrogen and oxygen atoms in total. The first kappa shape index (κ1) is 15.8. The molecule has 100 valence electrons. The summed E-state index contributed by atoms with van der Waals surface area (Å²) in [6, 6.07) is 0. The molecule has 0 radical (unpaired) electrons. The first-order chi connectivity index (χ1) is 8.04. The van der Waals surface area contributed by atoms with E-state index >= 15 is 0 Å². The van der Waals surface area contributed by atoms with Gasteiger partial charge in [0.25, 0.3) is 0 Å². The normalized spacial score (nSPS) is 15.3. The van der Waals surface area contributed by atoms with Crippen LogP contribution in [0.5, 0.6) is 0 Å². The number of hydrogen-bond acceptors (Lipinski definition) is 6. The number of hydrogen-bond donors (Lipinski definition) is 4. The van der Waals surface area contributed by atoms with Crippen molar-refractivity contribution in [2.45, 2.75) is 25.9 Å². The van der Waals surface area contributed by atoms with Crippen molar-refractivity contribution in [1.29, 1.82) is 0 Å². The zero-order valence-electron chi connectivity index (χ0n) is 9.63. The number of aliphatic carboxylic acids is 2. The summed E-state index contributed by atoms with van der Waals surface area (Å²) in [6.45, 7) is 1.71. The van der Waals surface area contributed by atoms with Crippen LogP contribution in [-0.4, -0.2) is 49.5 Å². The highest BCUT2D eigenvalue weighted by molar-refractivity contribution is 6.08. The van der Waals surface area contributed by atoms with Crippen LogP contribution in [0, 0.1) is 0 Å². The molecule has 0 aromatic heterocycles. The van der Waals surface area contributed by atoms with Crippen molar-refractivity contribution in [3.8, 4) is 0 Å². The number of rotatable bonds is 6. The average Bonchev–Trinajstić information content (AvgIpc) is 2.14. The van der Waals surface area contributed by atoms with Crippen LogP contribution in [-0.2, 0) is 19.2 Å². The average molecular weight is 260 g/mol. The Balaban J connectivity index is 6.07. The van der Waals surface area contributed by atoms with E-state index in [0.717, 1.165) is 13.8 Å². The molecule has 1 unspecified atom stereocenters. The van der Waals surface area contributed by atoms with Gasteiger partial charge in [0.2, 0.25) is 11.4 Å². The van der Waals surface area contributed by atoms with Crippen LogP contribution in [0.15, 0.2) is 11.3 Å². The minimum Gasteiger partial charge on any atom is -0.501 e. The van der Waals surface area contributed by atoms with Gasteiger partial charge in [0.05, 0.1) is 12.0 Å². The molecule has 0 aromatic rings. The first-order valence-corrected chi connectivity index (χ1v) is 4.67. The van der Waals surface area contributed by atoms with E-state index in [1.807, 2.05) is 0 Å². The number of carboxylic acid groups (broad SMARTS) is 2. The van der Waals surface area contributed by atoms with Crippen LogP contribution >= 0.6 is 0 Å². The summed E-state index contributed by atoms with van der Waals surface area (Å²) < 4.78 is 0. The third kappa shape index (κ3) is 3.14. The number of Topliss-reactive ketones (excluding diaryl/α,β-unsaturated/α-hetero) is 2. The van der Waals surface area contributed by atoms with Gasteiger partial charge in [0, 0.05) is 0 Å². The molecule has 0 aliphatic carbocycles. The Morgan fingerprint density at radius 1 is 1.00 bits per heavy atom. The molecule has 0 spiro atoms. The highest BCUT2D eigenvalue weighted by Gasteiger charge is 2.46. The number of carboxylic acids is 2. The Kier molecular flexibility index (Phi) is 4.74. The molecular formula is C10H12O8. The second kappa shape index (κ2) is 5.41. The van der Waals surface area contributed by atoms with Crippen LogP contribution in [0.3, 0.4) is 0 Å². The van der Waals surface area contributed by atoms with Gasteiger partial charge in [0.15, 0.2) is 5.78 Å². The first-order valence-electron chi connectivity index (χ1n) is 4.67. The Morgan fingerprint density at radius 2 is 1.44 bits per heavy atom. The monoisotopic (exact) mass is 260 g/mol. The SMILES string of the molecule is CC(=O)CC(O)(C(=O)O)/C(C(C)=O)=C(\O)C(=O)O. The van der Waals surface area contributed by atoms with Crippen molar-refractivity contribution >= 4 is 23.5 Å². The molecule has 1 atom stereocenters. The van der Waals surface area contributed by atoms with Gasteiger partial charge in [-0.3, -0.25) is 9.59 Å². The molecule has 8 heteroatoms. The van der Waals surface area contributed by atoms with Crippen LogP contribution in [0.4, 0.5) is 0 Å². The van der Waals surface area contributed by atoms with Gasteiger partial charge in [-0.15, -0.1) is 0 Å². The topological polar surface area (TPSA) is 149 Å². The second-order valence-corrected chi connectivity index (χ2v) is 3.63. The molecule has 0 saturated heterocycles. The number of ketones is 2. The van der Waals surface area contributed by atoms with E-state index in [-0.39, 0.29) is 0 Å². The van der Waals surface area contributed by atoms with Crippen LogP contribution in [0.25, 0.3) is 0 Å². The molecule has 0 fully saturated rings. The summed E-state index contributed by atoms with van der Waals surface area (Å²) in [6.07, 6.45) is -1.03. The Labute approximate surface area is 101 Å². The van der Waals surface area contributed by atoms with Crippen molar-refractivity contribution in [3.05, 3.63) is 11.3 Å². The lowest BCUT2D eigenvalue weighted by Crippen LogP contribution is -2.45. The minimum absolute atomic E-state index is 0.766. The zero-order chi connectivity index (χ0) is 14.7. The van der Waals surface area contributed by atoms with E-state index in [1.54, 1.807) is 0 Å². The Hall–Kier alpha value is -2.22. The van der Waals surface area contributed by atoms with E-state index in [1.165, 1.54) is 0 Å². The van der Waals surface area contributed by atoms with Crippen molar-refractivity contribution < 1.29 is 39.6 Å². The molecule has 0 bridgehead atoms. The maximum absolute atomic E-state index is 11.2. The number of aliphatic hydroxyl groups excluding tert-OH is 1. The smallest absolute Gasteiger partial charge is 0.371 e. The lowest BCUT2D eigenvalue weighted by Gasteiger charge is -2.24. The fraction of sp³-hybridized carbons (Fsp3) is 0.400. The molecule has 0 aliphatic heterocycles. The lowest BCUT2D eigenvalue weighted by molar-refractivity contribution is -0.158. The molecular weight excluding hydrogens is 248 g/mol. The predicted octanol–water partition coefficient (Wildman–Crippen LogP) is -0.733. The van der Waals surface area contributed by atoms with Crippen LogP contribution < -0.4 is 0 Å².